The molecule has 16 heavy (non-hydrogen) atoms. The Morgan fingerprint density at radius 2 is 2.12 bits per heavy atom. The summed E-state index contributed by atoms with van der Waals surface area (Å²) in [5.74, 6) is 0.398. The van der Waals surface area contributed by atoms with E-state index in [4.69, 9.17) is 4.74 Å². The van der Waals surface area contributed by atoms with Gasteiger partial charge in [-0.1, -0.05) is 13.8 Å². The number of anilines is 1. The molecule has 0 fully saturated rings. The largest absolute Gasteiger partial charge is 0.383 e. The molecule has 0 radical (unpaired) electrons. The number of halogens is 1. The molecule has 0 bridgehead atoms. The third kappa shape index (κ3) is 4.62. The van der Waals surface area contributed by atoms with Crippen LogP contribution in [0.15, 0.2) is 18.2 Å². The van der Waals surface area contributed by atoms with Crippen LogP contribution in [-0.4, -0.2) is 19.8 Å². The monoisotopic (exact) mass is 225 g/mol. The van der Waals surface area contributed by atoms with E-state index >= 15 is 0 Å². The van der Waals surface area contributed by atoms with E-state index in [0.717, 1.165) is 18.8 Å². The van der Waals surface area contributed by atoms with Gasteiger partial charge in [-0.2, -0.15) is 0 Å². The molecule has 1 N–H and O–H groups in total. The van der Waals surface area contributed by atoms with Crippen LogP contribution in [0.4, 0.5) is 10.1 Å². The first-order chi connectivity index (χ1) is 7.59. The highest BCUT2D eigenvalue weighted by atomic mass is 19.1. The zero-order valence-electron chi connectivity index (χ0n) is 10.2. The molecule has 0 heterocycles. The Morgan fingerprint density at radius 3 is 2.75 bits per heavy atom. The van der Waals surface area contributed by atoms with Crippen LogP contribution in [0.3, 0.4) is 0 Å². The van der Waals surface area contributed by atoms with Gasteiger partial charge in [-0.15, -0.1) is 0 Å². The lowest BCUT2D eigenvalue weighted by Crippen LogP contribution is -2.12. The van der Waals surface area contributed by atoms with Crippen LogP contribution in [0.25, 0.3) is 0 Å². The van der Waals surface area contributed by atoms with Crippen molar-refractivity contribution in [2.75, 3.05) is 25.1 Å². The molecule has 90 valence electrons. The van der Waals surface area contributed by atoms with E-state index in [9.17, 15) is 4.39 Å². The van der Waals surface area contributed by atoms with Crippen molar-refractivity contribution in [1.82, 2.24) is 0 Å². The molecule has 1 aromatic carbocycles. The minimum Gasteiger partial charge on any atom is -0.383 e. The van der Waals surface area contributed by atoms with Crippen molar-refractivity contribution in [3.05, 3.63) is 29.6 Å². The van der Waals surface area contributed by atoms with Gasteiger partial charge in [-0.25, -0.2) is 4.39 Å². The quantitative estimate of drug-likeness (QED) is 0.750. The fourth-order valence-electron chi connectivity index (χ4n) is 1.34. The summed E-state index contributed by atoms with van der Waals surface area (Å²) < 4.78 is 18.4. The third-order valence-electron chi connectivity index (χ3n) is 2.18. The van der Waals surface area contributed by atoms with Gasteiger partial charge in [0.2, 0.25) is 0 Å². The second-order valence-electron chi connectivity index (χ2n) is 4.36. The van der Waals surface area contributed by atoms with Gasteiger partial charge >= 0.3 is 0 Å². The lowest BCUT2D eigenvalue weighted by atomic mass is 10.2. The number of ether oxygens (including phenoxy) is 1. The Balaban J connectivity index is 2.24. The summed E-state index contributed by atoms with van der Waals surface area (Å²) >= 11 is 0. The van der Waals surface area contributed by atoms with Gasteiger partial charge in [-0.3, -0.25) is 0 Å². The summed E-state index contributed by atoms with van der Waals surface area (Å²) in [6, 6.07) is 5.02. The number of hydrogen-bond donors (Lipinski definition) is 1. The van der Waals surface area contributed by atoms with E-state index < -0.39 is 0 Å². The average molecular weight is 225 g/mol. The van der Waals surface area contributed by atoms with Crippen LogP contribution in [0.2, 0.25) is 0 Å². The molecule has 3 heteroatoms. The van der Waals surface area contributed by atoms with Crippen LogP contribution in [-0.2, 0) is 4.74 Å². The molecular weight excluding hydrogens is 205 g/mol. The van der Waals surface area contributed by atoms with Crippen molar-refractivity contribution in [1.29, 1.82) is 0 Å². The first-order valence-electron chi connectivity index (χ1n) is 5.67. The first-order valence-corrected chi connectivity index (χ1v) is 5.67. The number of aryl methyl sites for hydroxylation is 1. The number of hydrogen-bond acceptors (Lipinski definition) is 2. The maximum absolute atomic E-state index is 13.0. The van der Waals surface area contributed by atoms with E-state index in [-0.39, 0.29) is 5.82 Å². The maximum Gasteiger partial charge on any atom is 0.126 e. The fourth-order valence-corrected chi connectivity index (χ4v) is 1.34. The van der Waals surface area contributed by atoms with Crippen LogP contribution in [0.5, 0.6) is 0 Å². The average Bonchev–Trinajstić information content (AvgIpc) is 2.22. The van der Waals surface area contributed by atoms with Crippen LogP contribution < -0.4 is 5.32 Å². The van der Waals surface area contributed by atoms with E-state index in [1.807, 2.05) is 0 Å². The third-order valence-corrected chi connectivity index (χ3v) is 2.18. The molecule has 0 amide bonds. The predicted molar refractivity (Wildman–Crippen MR) is 65.3 cm³/mol. The molecule has 0 atom stereocenters. The number of nitrogens with one attached hydrogen (secondary N) is 1. The normalized spacial score (nSPS) is 10.8. The molecule has 1 aromatic rings. The summed E-state index contributed by atoms with van der Waals surface area (Å²) in [7, 11) is 0. The predicted octanol–water partition coefficient (Wildman–Crippen LogP) is 3.22. The zero-order valence-corrected chi connectivity index (χ0v) is 10.2. The molecule has 0 aliphatic rings. The van der Waals surface area contributed by atoms with Crippen molar-refractivity contribution in [2.24, 2.45) is 5.92 Å². The molecule has 0 saturated carbocycles. The van der Waals surface area contributed by atoms with Crippen molar-refractivity contribution in [3.63, 3.8) is 0 Å². The summed E-state index contributed by atoms with van der Waals surface area (Å²) in [5, 5.41) is 3.19. The fraction of sp³-hybridized carbons (Fsp3) is 0.538. The highest BCUT2D eigenvalue weighted by Gasteiger charge is 1.98. The number of benzene rings is 1. The van der Waals surface area contributed by atoms with Gasteiger partial charge in [0.05, 0.1) is 6.61 Å². The summed E-state index contributed by atoms with van der Waals surface area (Å²) in [4.78, 5) is 0. The van der Waals surface area contributed by atoms with Gasteiger partial charge < -0.3 is 10.1 Å². The minimum atomic E-state index is -0.165. The molecule has 0 aliphatic heterocycles. The minimum absolute atomic E-state index is 0.165. The lowest BCUT2D eigenvalue weighted by Gasteiger charge is -2.09. The second kappa shape index (κ2) is 6.48. The molecule has 1 rings (SSSR count). The van der Waals surface area contributed by atoms with Gasteiger partial charge in [-0.05, 0) is 36.6 Å². The van der Waals surface area contributed by atoms with Gasteiger partial charge in [0.1, 0.15) is 5.82 Å². The van der Waals surface area contributed by atoms with E-state index in [2.05, 4.69) is 19.2 Å². The SMILES string of the molecule is Cc1cc(NCCOCC(C)C)ccc1F. The lowest BCUT2D eigenvalue weighted by molar-refractivity contribution is 0.118. The highest BCUT2D eigenvalue weighted by molar-refractivity contribution is 5.45. The molecule has 0 aromatic heterocycles. The molecule has 0 saturated heterocycles. The maximum atomic E-state index is 13.0. The van der Waals surface area contributed by atoms with Crippen LogP contribution >= 0.6 is 0 Å². The highest BCUT2D eigenvalue weighted by Crippen LogP contribution is 2.13. The molecular formula is C13H20FNO. The smallest absolute Gasteiger partial charge is 0.126 e. The molecule has 0 spiro atoms. The Hall–Kier alpha value is -1.09. The van der Waals surface area contributed by atoms with Crippen molar-refractivity contribution < 1.29 is 9.13 Å². The summed E-state index contributed by atoms with van der Waals surface area (Å²) in [6.07, 6.45) is 0. The van der Waals surface area contributed by atoms with Gasteiger partial charge in [0.15, 0.2) is 0 Å². The summed E-state index contributed by atoms with van der Waals surface area (Å²) in [6.45, 7) is 8.21. The second-order valence-corrected chi connectivity index (χ2v) is 4.36. The molecule has 2 nitrogen and oxygen atoms in total. The van der Waals surface area contributed by atoms with Crippen molar-refractivity contribution in [2.45, 2.75) is 20.8 Å². The Kier molecular flexibility index (Phi) is 5.26. The van der Waals surface area contributed by atoms with Gasteiger partial charge in [0.25, 0.3) is 0 Å². The zero-order chi connectivity index (χ0) is 12.0. The Bertz CT molecular complexity index is 326. The first kappa shape index (κ1) is 13.0. The van der Waals surface area contributed by atoms with Crippen molar-refractivity contribution in [3.8, 4) is 0 Å². The summed E-state index contributed by atoms with van der Waals surface area (Å²) in [5.41, 5.74) is 1.60. The number of rotatable bonds is 6. The standard InChI is InChI=1S/C13H20FNO/c1-10(2)9-16-7-6-15-12-4-5-13(14)11(3)8-12/h4-5,8,10,15H,6-7,9H2,1-3H3. The van der Waals surface area contributed by atoms with E-state index in [1.165, 1.54) is 6.07 Å². The van der Waals surface area contributed by atoms with Crippen molar-refractivity contribution >= 4 is 5.69 Å². The van der Waals surface area contributed by atoms with Crippen LogP contribution in [0.1, 0.15) is 19.4 Å². The Morgan fingerprint density at radius 1 is 1.38 bits per heavy atom. The van der Waals surface area contributed by atoms with E-state index in [0.29, 0.717) is 18.1 Å². The topological polar surface area (TPSA) is 21.3 Å². The van der Waals surface area contributed by atoms with E-state index in [1.54, 1.807) is 19.1 Å². The Labute approximate surface area is 96.8 Å². The van der Waals surface area contributed by atoms with Gasteiger partial charge in [0, 0.05) is 18.8 Å². The molecule has 0 aliphatic carbocycles. The molecule has 0 unspecified atom stereocenters. The van der Waals surface area contributed by atoms with Crippen LogP contribution in [0, 0.1) is 18.7 Å².